The van der Waals surface area contributed by atoms with Crippen molar-refractivity contribution in [3.05, 3.63) is 42.6 Å². The molecule has 3 aromatic heterocycles. The maximum absolute atomic E-state index is 12.1. The fraction of sp³-hybridized carbons (Fsp3) is 0.0833. The monoisotopic (exact) mass is 257 g/mol. The fourth-order valence-electron chi connectivity index (χ4n) is 1.77. The lowest BCUT2D eigenvalue weighted by Gasteiger charge is -2.03. The first kappa shape index (κ1) is 11.3. The van der Waals surface area contributed by atoms with Crippen LogP contribution in [0.1, 0.15) is 10.5 Å². The molecule has 0 unspecified atom stereocenters. The highest BCUT2D eigenvalue weighted by Crippen LogP contribution is 2.15. The van der Waals surface area contributed by atoms with Crippen LogP contribution in [0.4, 0.5) is 5.69 Å². The highest BCUT2D eigenvalue weighted by Gasteiger charge is 2.13. The van der Waals surface area contributed by atoms with Crippen LogP contribution in [0.15, 0.2) is 36.9 Å². The highest BCUT2D eigenvalue weighted by atomic mass is 16.5. The summed E-state index contributed by atoms with van der Waals surface area (Å²) in [5.41, 5.74) is 1.70. The molecule has 0 bridgehead atoms. The van der Waals surface area contributed by atoms with Gasteiger partial charge in [-0.1, -0.05) is 0 Å². The van der Waals surface area contributed by atoms with Crippen molar-refractivity contribution in [1.82, 2.24) is 19.6 Å². The third-order valence-corrected chi connectivity index (χ3v) is 2.71. The Morgan fingerprint density at radius 3 is 3.11 bits per heavy atom. The lowest BCUT2D eigenvalue weighted by Crippen LogP contribution is -2.13. The molecule has 7 nitrogen and oxygen atoms in total. The van der Waals surface area contributed by atoms with Gasteiger partial charge in [0.25, 0.3) is 5.91 Å². The molecule has 7 heteroatoms. The van der Waals surface area contributed by atoms with Gasteiger partial charge in [0.1, 0.15) is 17.1 Å². The zero-order valence-electron chi connectivity index (χ0n) is 10.1. The van der Waals surface area contributed by atoms with E-state index in [2.05, 4.69) is 20.5 Å². The Labute approximate surface area is 108 Å². The molecule has 0 fully saturated rings. The number of ether oxygens (including phenoxy) is 1. The van der Waals surface area contributed by atoms with Crippen LogP contribution in [0.5, 0.6) is 5.75 Å². The number of carbonyl (C=O) groups is 1. The number of anilines is 1. The number of nitrogens with one attached hydrogen (secondary N) is 2. The number of methoxy groups -OCH3 is 1. The smallest absolute Gasteiger partial charge is 0.274 e. The number of H-pyrrole nitrogens is 1. The van der Waals surface area contributed by atoms with Crippen molar-refractivity contribution < 1.29 is 9.53 Å². The quantitative estimate of drug-likeness (QED) is 0.741. The molecule has 3 aromatic rings. The number of imidazole rings is 1. The summed E-state index contributed by atoms with van der Waals surface area (Å²) in [7, 11) is 1.58. The molecule has 0 aliphatic carbocycles. The first-order valence-electron chi connectivity index (χ1n) is 5.59. The second kappa shape index (κ2) is 4.45. The molecule has 0 saturated heterocycles. The Bertz CT molecular complexity index is 717. The Kier molecular flexibility index (Phi) is 2.64. The minimum absolute atomic E-state index is 0.251. The summed E-state index contributed by atoms with van der Waals surface area (Å²) in [6.45, 7) is 0. The SMILES string of the molecule is COc1ccn2c(C(=O)Nc3cn[nH]c3)cnc2c1. The van der Waals surface area contributed by atoms with E-state index in [0.29, 0.717) is 22.8 Å². The molecule has 0 saturated carbocycles. The van der Waals surface area contributed by atoms with E-state index < -0.39 is 0 Å². The molecule has 0 aliphatic rings. The maximum Gasteiger partial charge on any atom is 0.274 e. The van der Waals surface area contributed by atoms with E-state index in [4.69, 9.17) is 4.74 Å². The van der Waals surface area contributed by atoms with Crippen LogP contribution >= 0.6 is 0 Å². The first-order valence-corrected chi connectivity index (χ1v) is 5.59. The first-order chi connectivity index (χ1) is 9.28. The van der Waals surface area contributed by atoms with Crippen LogP contribution in [-0.2, 0) is 0 Å². The number of pyridine rings is 1. The van der Waals surface area contributed by atoms with Gasteiger partial charge in [-0.25, -0.2) is 4.98 Å². The van der Waals surface area contributed by atoms with Gasteiger partial charge in [-0.05, 0) is 6.07 Å². The van der Waals surface area contributed by atoms with Crippen molar-refractivity contribution in [2.24, 2.45) is 0 Å². The van der Waals surface area contributed by atoms with Crippen LogP contribution in [0.25, 0.3) is 5.65 Å². The number of aromatic nitrogens is 4. The Morgan fingerprint density at radius 1 is 1.47 bits per heavy atom. The van der Waals surface area contributed by atoms with Gasteiger partial charge >= 0.3 is 0 Å². The molecule has 0 aliphatic heterocycles. The van der Waals surface area contributed by atoms with E-state index in [9.17, 15) is 4.79 Å². The normalized spacial score (nSPS) is 10.6. The second-order valence-electron chi connectivity index (χ2n) is 3.88. The van der Waals surface area contributed by atoms with E-state index in [1.807, 2.05) is 0 Å². The molecule has 0 aromatic carbocycles. The minimum Gasteiger partial charge on any atom is -0.497 e. The highest BCUT2D eigenvalue weighted by molar-refractivity contribution is 6.03. The van der Waals surface area contributed by atoms with Gasteiger partial charge in [-0.15, -0.1) is 0 Å². The van der Waals surface area contributed by atoms with Crippen LogP contribution in [0, 0.1) is 0 Å². The summed E-state index contributed by atoms with van der Waals surface area (Å²) >= 11 is 0. The molecule has 96 valence electrons. The summed E-state index contributed by atoms with van der Waals surface area (Å²) in [6.07, 6.45) is 6.39. The molecule has 0 spiro atoms. The third kappa shape index (κ3) is 2.01. The van der Waals surface area contributed by atoms with Crippen molar-refractivity contribution in [2.45, 2.75) is 0 Å². The molecule has 1 amide bonds. The molecule has 19 heavy (non-hydrogen) atoms. The van der Waals surface area contributed by atoms with Crippen molar-refractivity contribution in [2.75, 3.05) is 12.4 Å². The van der Waals surface area contributed by atoms with Gasteiger partial charge in [-0.3, -0.25) is 14.3 Å². The minimum atomic E-state index is -0.251. The summed E-state index contributed by atoms with van der Waals surface area (Å²) in [5.74, 6) is 0.443. The Balaban J connectivity index is 1.94. The van der Waals surface area contributed by atoms with Crippen LogP contribution in [0.2, 0.25) is 0 Å². The van der Waals surface area contributed by atoms with E-state index >= 15 is 0 Å². The summed E-state index contributed by atoms with van der Waals surface area (Å²) in [4.78, 5) is 16.3. The second-order valence-corrected chi connectivity index (χ2v) is 3.88. The predicted octanol–water partition coefficient (Wildman–Crippen LogP) is 1.32. The molecular formula is C12H11N5O2. The molecule has 3 heterocycles. The van der Waals surface area contributed by atoms with Crippen LogP contribution in [0.3, 0.4) is 0 Å². The topological polar surface area (TPSA) is 84.3 Å². The van der Waals surface area contributed by atoms with E-state index in [0.717, 1.165) is 0 Å². The van der Waals surface area contributed by atoms with Crippen molar-refractivity contribution in [3.8, 4) is 5.75 Å². The third-order valence-electron chi connectivity index (χ3n) is 2.71. The molecule has 0 radical (unpaired) electrons. The number of nitrogens with zero attached hydrogens (tertiary/aromatic N) is 3. The van der Waals surface area contributed by atoms with Gasteiger partial charge in [-0.2, -0.15) is 5.10 Å². The van der Waals surface area contributed by atoms with E-state index in [1.165, 1.54) is 12.4 Å². The average molecular weight is 257 g/mol. The average Bonchev–Trinajstić information content (AvgIpc) is 3.06. The lowest BCUT2D eigenvalue weighted by atomic mass is 10.4. The molecular weight excluding hydrogens is 246 g/mol. The Morgan fingerprint density at radius 2 is 2.37 bits per heavy atom. The number of amides is 1. The van der Waals surface area contributed by atoms with Gasteiger partial charge in [0.15, 0.2) is 0 Å². The molecule has 3 rings (SSSR count). The fourth-order valence-corrected chi connectivity index (χ4v) is 1.77. The van der Waals surface area contributed by atoms with Crippen LogP contribution in [-0.4, -0.2) is 32.6 Å². The van der Waals surface area contributed by atoms with Crippen molar-refractivity contribution >= 4 is 17.2 Å². The summed E-state index contributed by atoms with van der Waals surface area (Å²) < 4.78 is 6.80. The van der Waals surface area contributed by atoms with Crippen molar-refractivity contribution in [3.63, 3.8) is 0 Å². The maximum atomic E-state index is 12.1. The summed E-state index contributed by atoms with van der Waals surface area (Å²) in [6, 6.07) is 3.53. The van der Waals surface area contributed by atoms with Gasteiger partial charge in [0.2, 0.25) is 0 Å². The zero-order chi connectivity index (χ0) is 13.2. The van der Waals surface area contributed by atoms with Gasteiger partial charge in [0.05, 0.1) is 25.2 Å². The van der Waals surface area contributed by atoms with Gasteiger partial charge in [0, 0.05) is 18.5 Å². The zero-order valence-corrected chi connectivity index (χ0v) is 10.1. The van der Waals surface area contributed by atoms with Crippen molar-refractivity contribution in [1.29, 1.82) is 0 Å². The molecule has 0 atom stereocenters. The van der Waals surface area contributed by atoms with Gasteiger partial charge < -0.3 is 10.1 Å². The van der Waals surface area contributed by atoms with E-state index in [-0.39, 0.29) is 5.91 Å². The molecule has 2 N–H and O–H groups in total. The Hall–Kier alpha value is -2.83. The predicted molar refractivity (Wildman–Crippen MR) is 68.3 cm³/mol. The number of hydrogen-bond acceptors (Lipinski definition) is 4. The standard InChI is InChI=1S/C12H11N5O2/c1-19-9-2-3-17-10(7-13-11(17)4-9)12(18)16-8-5-14-15-6-8/h2-7H,1H3,(H,14,15)(H,16,18). The number of hydrogen-bond donors (Lipinski definition) is 2. The van der Waals surface area contributed by atoms with E-state index in [1.54, 1.807) is 36.0 Å². The lowest BCUT2D eigenvalue weighted by molar-refractivity contribution is 0.102. The largest absolute Gasteiger partial charge is 0.497 e. The number of rotatable bonds is 3. The number of carbonyl (C=O) groups excluding carboxylic acids is 1. The van der Waals surface area contributed by atoms with Crippen LogP contribution < -0.4 is 10.1 Å². The number of aromatic amines is 1. The number of fused-ring (bicyclic) bond motifs is 1. The summed E-state index contributed by atoms with van der Waals surface area (Å²) in [5, 5.41) is 9.11.